The number of benzene rings is 1. The molecule has 26 heavy (non-hydrogen) atoms. The van der Waals surface area contributed by atoms with E-state index < -0.39 is 0 Å². The van der Waals surface area contributed by atoms with Crippen LogP contribution in [0.1, 0.15) is 0 Å². The van der Waals surface area contributed by atoms with Gasteiger partial charge in [-0.2, -0.15) is 0 Å². The Morgan fingerprint density at radius 3 is 2.96 bits per heavy atom. The van der Waals surface area contributed by atoms with Gasteiger partial charge in [-0.05, 0) is 30.3 Å². The Morgan fingerprint density at radius 2 is 2.08 bits per heavy atom. The SMILES string of the molecule is COc1ccc2c(c1)c(-c1nc(-c3c[nH]c4ncccc34)cs1)cn2C. The van der Waals surface area contributed by atoms with E-state index >= 15 is 0 Å². The van der Waals surface area contributed by atoms with Crippen LogP contribution in [0, 0.1) is 0 Å². The molecule has 0 aliphatic rings. The van der Waals surface area contributed by atoms with Gasteiger partial charge in [0, 0.05) is 58.4 Å². The number of aromatic nitrogens is 4. The number of aryl methyl sites for hydroxylation is 1. The van der Waals surface area contributed by atoms with E-state index in [9.17, 15) is 0 Å². The first-order valence-electron chi connectivity index (χ1n) is 8.26. The third kappa shape index (κ3) is 2.23. The van der Waals surface area contributed by atoms with Gasteiger partial charge in [-0.25, -0.2) is 9.97 Å². The molecule has 0 aliphatic heterocycles. The molecule has 4 heterocycles. The maximum atomic E-state index is 5.40. The van der Waals surface area contributed by atoms with E-state index in [-0.39, 0.29) is 0 Å². The fourth-order valence-corrected chi connectivity index (χ4v) is 4.20. The van der Waals surface area contributed by atoms with Crippen LogP contribution in [0.25, 0.3) is 43.8 Å². The molecule has 0 unspecified atom stereocenters. The molecule has 5 aromatic rings. The van der Waals surface area contributed by atoms with E-state index in [0.29, 0.717) is 0 Å². The highest BCUT2D eigenvalue weighted by atomic mass is 32.1. The quantitative estimate of drug-likeness (QED) is 0.500. The Labute approximate surface area is 153 Å². The van der Waals surface area contributed by atoms with Crippen molar-refractivity contribution in [2.75, 3.05) is 7.11 Å². The van der Waals surface area contributed by atoms with Crippen molar-refractivity contribution in [1.82, 2.24) is 19.5 Å². The van der Waals surface area contributed by atoms with Crippen molar-refractivity contribution >= 4 is 33.3 Å². The van der Waals surface area contributed by atoms with Crippen molar-refractivity contribution in [2.45, 2.75) is 0 Å². The van der Waals surface area contributed by atoms with Crippen molar-refractivity contribution in [3.8, 4) is 27.6 Å². The third-order valence-corrected chi connectivity index (χ3v) is 5.53. The Balaban J connectivity index is 1.66. The van der Waals surface area contributed by atoms with Gasteiger partial charge in [0.15, 0.2) is 0 Å². The van der Waals surface area contributed by atoms with Crippen LogP contribution >= 0.6 is 11.3 Å². The fourth-order valence-electron chi connectivity index (χ4n) is 3.36. The predicted octanol–water partition coefficient (Wildman–Crippen LogP) is 4.85. The summed E-state index contributed by atoms with van der Waals surface area (Å²) < 4.78 is 7.52. The number of fused-ring (bicyclic) bond motifs is 2. The summed E-state index contributed by atoms with van der Waals surface area (Å²) in [6.45, 7) is 0. The lowest BCUT2D eigenvalue weighted by Gasteiger charge is -2.01. The van der Waals surface area contributed by atoms with Crippen LogP contribution in [0.3, 0.4) is 0 Å². The van der Waals surface area contributed by atoms with Gasteiger partial charge in [0.05, 0.1) is 12.8 Å². The van der Waals surface area contributed by atoms with E-state index in [2.05, 4.69) is 51.4 Å². The van der Waals surface area contributed by atoms with Crippen LogP contribution < -0.4 is 4.74 Å². The van der Waals surface area contributed by atoms with Gasteiger partial charge >= 0.3 is 0 Å². The second-order valence-corrected chi connectivity index (χ2v) is 7.03. The fraction of sp³-hybridized carbons (Fsp3) is 0.100. The molecule has 0 atom stereocenters. The van der Waals surface area contributed by atoms with Gasteiger partial charge in [-0.15, -0.1) is 11.3 Å². The molecule has 4 aromatic heterocycles. The second-order valence-electron chi connectivity index (χ2n) is 6.18. The molecule has 0 fully saturated rings. The lowest BCUT2D eigenvalue weighted by atomic mass is 10.1. The number of ether oxygens (including phenoxy) is 1. The monoisotopic (exact) mass is 360 g/mol. The minimum atomic E-state index is 0.851. The summed E-state index contributed by atoms with van der Waals surface area (Å²) in [5.74, 6) is 0.851. The Morgan fingerprint density at radius 1 is 1.15 bits per heavy atom. The van der Waals surface area contributed by atoms with E-state index in [1.54, 1.807) is 24.6 Å². The van der Waals surface area contributed by atoms with Gasteiger partial charge in [-0.1, -0.05) is 0 Å². The summed E-state index contributed by atoms with van der Waals surface area (Å²) in [6, 6.07) is 10.1. The van der Waals surface area contributed by atoms with E-state index in [0.717, 1.165) is 49.5 Å². The van der Waals surface area contributed by atoms with E-state index in [4.69, 9.17) is 9.72 Å². The number of methoxy groups -OCH3 is 1. The van der Waals surface area contributed by atoms with Gasteiger partial charge in [0.2, 0.25) is 0 Å². The largest absolute Gasteiger partial charge is 0.497 e. The Hall–Kier alpha value is -3.12. The van der Waals surface area contributed by atoms with Crippen molar-refractivity contribution in [1.29, 1.82) is 0 Å². The molecule has 1 N–H and O–H groups in total. The molecule has 5 rings (SSSR count). The zero-order chi connectivity index (χ0) is 17.7. The highest BCUT2D eigenvalue weighted by Crippen LogP contribution is 2.37. The summed E-state index contributed by atoms with van der Waals surface area (Å²) in [7, 11) is 3.74. The lowest BCUT2D eigenvalue weighted by molar-refractivity contribution is 0.415. The number of nitrogens with zero attached hydrogens (tertiary/aromatic N) is 3. The van der Waals surface area contributed by atoms with Crippen LogP contribution in [-0.4, -0.2) is 26.6 Å². The average molecular weight is 360 g/mol. The third-order valence-electron chi connectivity index (χ3n) is 4.66. The smallest absolute Gasteiger partial charge is 0.137 e. The van der Waals surface area contributed by atoms with Crippen LogP contribution in [-0.2, 0) is 7.05 Å². The number of H-pyrrole nitrogens is 1. The highest BCUT2D eigenvalue weighted by Gasteiger charge is 2.15. The zero-order valence-electron chi connectivity index (χ0n) is 14.4. The van der Waals surface area contributed by atoms with Crippen molar-refractivity contribution in [2.24, 2.45) is 7.05 Å². The number of thiazole rings is 1. The van der Waals surface area contributed by atoms with Crippen molar-refractivity contribution in [3.63, 3.8) is 0 Å². The Bertz CT molecular complexity index is 1250. The number of nitrogens with one attached hydrogen (secondary N) is 1. The molecule has 6 heteroatoms. The molecule has 128 valence electrons. The summed E-state index contributed by atoms with van der Waals surface area (Å²) >= 11 is 1.65. The van der Waals surface area contributed by atoms with Gasteiger partial charge < -0.3 is 14.3 Å². The lowest BCUT2D eigenvalue weighted by Crippen LogP contribution is -1.84. The minimum absolute atomic E-state index is 0.851. The van der Waals surface area contributed by atoms with Crippen molar-refractivity contribution in [3.05, 3.63) is 54.3 Å². The molecule has 0 bridgehead atoms. The maximum Gasteiger partial charge on any atom is 0.137 e. The normalized spacial score (nSPS) is 11.5. The number of hydrogen-bond acceptors (Lipinski definition) is 4. The van der Waals surface area contributed by atoms with Crippen molar-refractivity contribution < 1.29 is 4.74 Å². The second kappa shape index (κ2) is 5.71. The predicted molar refractivity (Wildman–Crippen MR) is 106 cm³/mol. The number of pyridine rings is 1. The van der Waals surface area contributed by atoms with Gasteiger partial charge in [0.1, 0.15) is 16.4 Å². The van der Waals surface area contributed by atoms with Crippen LogP contribution in [0.5, 0.6) is 5.75 Å². The minimum Gasteiger partial charge on any atom is -0.497 e. The van der Waals surface area contributed by atoms with Crippen LogP contribution in [0.4, 0.5) is 0 Å². The summed E-state index contributed by atoms with van der Waals surface area (Å²) in [6.07, 6.45) is 5.89. The standard InChI is InChI=1S/C20H16N4OS/c1-24-10-16(14-8-12(25-2)5-6-18(14)24)20-23-17(11-26-20)15-9-22-19-13(15)4-3-7-21-19/h3-11H,1-2H3,(H,21,22). The molecule has 0 amide bonds. The summed E-state index contributed by atoms with van der Waals surface area (Å²) in [4.78, 5) is 12.5. The average Bonchev–Trinajstić information content (AvgIpc) is 3.38. The first-order chi connectivity index (χ1) is 12.7. The molecule has 5 nitrogen and oxygen atoms in total. The van der Waals surface area contributed by atoms with Crippen LogP contribution in [0.2, 0.25) is 0 Å². The topological polar surface area (TPSA) is 55.7 Å². The molecule has 0 saturated heterocycles. The Kier molecular flexibility index (Phi) is 3.33. The van der Waals surface area contributed by atoms with Gasteiger partial charge in [0.25, 0.3) is 0 Å². The van der Waals surface area contributed by atoms with Gasteiger partial charge in [-0.3, -0.25) is 0 Å². The number of hydrogen-bond donors (Lipinski definition) is 1. The molecule has 0 radical (unpaired) electrons. The van der Waals surface area contributed by atoms with E-state index in [1.807, 2.05) is 18.3 Å². The molecular weight excluding hydrogens is 344 g/mol. The summed E-state index contributed by atoms with van der Waals surface area (Å²) in [5, 5.41) is 5.33. The number of aromatic amines is 1. The maximum absolute atomic E-state index is 5.40. The molecule has 0 spiro atoms. The first-order valence-corrected chi connectivity index (χ1v) is 9.14. The zero-order valence-corrected chi connectivity index (χ0v) is 15.2. The molecular formula is C20H16N4OS. The number of rotatable bonds is 3. The molecule has 0 saturated carbocycles. The summed E-state index contributed by atoms with van der Waals surface area (Å²) in [5.41, 5.74) is 5.20. The highest BCUT2D eigenvalue weighted by molar-refractivity contribution is 7.13. The first kappa shape index (κ1) is 15.2. The molecule has 0 aliphatic carbocycles. The van der Waals surface area contributed by atoms with E-state index in [1.165, 1.54) is 0 Å². The molecule has 1 aromatic carbocycles. The van der Waals surface area contributed by atoms with Crippen LogP contribution in [0.15, 0.2) is 54.3 Å².